The Kier molecular flexibility index (Phi) is 15.5. The van der Waals surface area contributed by atoms with E-state index in [0.29, 0.717) is 44.0 Å². The maximum atomic E-state index is 13.4. The summed E-state index contributed by atoms with van der Waals surface area (Å²) in [7, 11) is 1.73. The second-order valence-corrected chi connectivity index (χ2v) is 15.7. The van der Waals surface area contributed by atoms with Gasteiger partial charge in [-0.2, -0.15) is 0 Å². The van der Waals surface area contributed by atoms with Crippen molar-refractivity contribution in [3.05, 3.63) is 70.3 Å². The molecule has 0 radical (unpaired) electrons. The first-order chi connectivity index (χ1) is 26.2. The summed E-state index contributed by atoms with van der Waals surface area (Å²) in [5.41, 5.74) is 16.6. The van der Waals surface area contributed by atoms with E-state index in [9.17, 15) is 15.0 Å². The number of aliphatic imine (C=N–C) groups is 1. The Bertz CT molecular complexity index is 1740. The number of aryl methyl sites for hydroxylation is 1. The Labute approximate surface area is 323 Å². The molecule has 2 aromatic rings. The normalized spacial score (nSPS) is 24.6. The number of methoxy groups -OCH3 is 1. The van der Waals surface area contributed by atoms with E-state index in [2.05, 4.69) is 42.7 Å². The molecule has 0 aliphatic heterocycles. The van der Waals surface area contributed by atoms with Crippen molar-refractivity contribution in [2.75, 3.05) is 20.3 Å². The molecule has 0 spiro atoms. The zero-order chi connectivity index (χ0) is 38.5. The molecule has 6 atom stereocenters. The molecule has 290 valence electrons. The number of guanidine groups is 1. The van der Waals surface area contributed by atoms with E-state index in [4.69, 9.17) is 25.9 Å². The standard InChI is InChI=1S/C46H61N3O5/c1-4-11-33(29-50)27-37(51)21-19-35-28-43(54-38-16-8-9-17-38)45(52)44-40(35)24-23-39-34(26-32-13-6-5-7-14-32)15-10-12-31(2)18-22-41(44)36(30-53-3)20-25-42(39)49-46(47)48/h5-7,13-14,27-28,31,34,36,38-39,41-42,50,52H,4,8-9,11-12,16-22,25-26,29-30H2,1-3H3,(H4,47,48,49)/t31-,34-,36-,39+,41-,42+/m1/s1. The fourth-order valence-electron chi connectivity index (χ4n) is 8.60. The summed E-state index contributed by atoms with van der Waals surface area (Å²) in [5, 5.41) is 22.3. The maximum absolute atomic E-state index is 13.4. The quantitative estimate of drug-likeness (QED) is 0.0688. The molecule has 0 heterocycles. The van der Waals surface area contributed by atoms with Crippen LogP contribution in [-0.4, -0.2) is 54.4 Å². The highest BCUT2D eigenvalue weighted by Crippen LogP contribution is 2.47. The van der Waals surface area contributed by atoms with Crippen LogP contribution < -0.4 is 16.2 Å². The van der Waals surface area contributed by atoms with Crippen molar-refractivity contribution in [2.45, 2.75) is 122 Å². The lowest BCUT2D eigenvalue weighted by molar-refractivity contribution is -0.114. The molecule has 8 nitrogen and oxygen atoms in total. The summed E-state index contributed by atoms with van der Waals surface area (Å²) in [4.78, 5) is 18.2. The second kappa shape index (κ2) is 20.4. The summed E-state index contributed by atoms with van der Waals surface area (Å²) in [5.74, 6) is 14.9. The van der Waals surface area contributed by atoms with Crippen LogP contribution in [0.1, 0.15) is 119 Å². The van der Waals surface area contributed by atoms with Crippen molar-refractivity contribution in [1.82, 2.24) is 0 Å². The Balaban J connectivity index is 1.75. The van der Waals surface area contributed by atoms with Crippen LogP contribution in [-0.2, 0) is 22.4 Å². The number of hydrogen-bond donors (Lipinski definition) is 4. The van der Waals surface area contributed by atoms with Gasteiger partial charge in [0.25, 0.3) is 0 Å². The van der Waals surface area contributed by atoms with Crippen LogP contribution in [0.4, 0.5) is 0 Å². The number of aromatic hydroxyl groups is 1. The van der Waals surface area contributed by atoms with Gasteiger partial charge in [-0.05, 0) is 117 Å². The van der Waals surface area contributed by atoms with Crippen molar-refractivity contribution >= 4 is 11.7 Å². The van der Waals surface area contributed by atoms with Crippen LogP contribution in [0, 0.1) is 47.4 Å². The number of phenols is 1. The van der Waals surface area contributed by atoms with Crippen LogP contribution in [0.3, 0.4) is 0 Å². The molecule has 6 rings (SSSR count). The number of aliphatic hydroxyl groups excluding tert-OH is 1. The summed E-state index contributed by atoms with van der Waals surface area (Å²) in [6.07, 6.45) is 12.5. The fraction of sp³-hybridized carbons (Fsp3) is 0.565. The van der Waals surface area contributed by atoms with Gasteiger partial charge in [0, 0.05) is 43.6 Å². The largest absolute Gasteiger partial charge is 0.504 e. The predicted molar refractivity (Wildman–Crippen MR) is 216 cm³/mol. The SMILES string of the molecule is CCCC(=CC(=O)CCc1cc(OC2CCCC2)c(O)c2c1C#C[C@H]1[C@@H](Cc3ccccc3)C#CC[C@@H](C)CC[C@@H]2[C@@H](COC)CC[C@@H]1N=C(N)N)CO. The van der Waals surface area contributed by atoms with Crippen molar-refractivity contribution < 1.29 is 24.5 Å². The highest BCUT2D eigenvalue weighted by atomic mass is 16.5. The lowest BCUT2D eigenvalue weighted by Gasteiger charge is -2.33. The molecule has 0 aromatic heterocycles. The van der Waals surface area contributed by atoms with Crippen molar-refractivity contribution in [1.29, 1.82) is 0 Å². The maximum Gasteiger partial charge on any atom is 0.186 e. The molecule has 54 heavy (non-hydrogen) atoms. The number of fused-ring (bicyclic) bond motifs is 8. The molecular weight excluding hydrogens is 675 g/mol. The molecule has 0 amide bonds. The molecule has 2 aromatic carbocycles. The average Bonchev–Trinajstić information content (AvgIpc) is 3.67. The number of benzene rings is 2. The monoisotopic (exact) mass is 735 g/mol. The first-order valence-electron chi connectivity index (χ1n) is 20.2. The third-order valence-electron chi connectivity index (χ3n) is 11.4. The number of ketones is 1. The minimum atomic E-state index is -0.321. The Morgan fingerprint density at radius 2 is 1.81 bits per heavy atom. The number of ether oxygens (including phenoxy) is 2. The summed E-state index contributed by atoms with van der Waals surface area (Å²) in [6.45, 7) is 4.64. The number of aliphatic hydroxyl groups is 1. The van der Waals surface area contributed by atoms with Gasteiger partial charge < -0.3 is 31.2 Å². The number of rotatable bonds is 14. The third kappa shape index (κ3) is 11.2. The van der Waals surface area contributed by atoms with Crippen LogP contribution in [0.2, 0.25) is 0 Å². The summed E-state index contributed by atoms with van der Waals surface area (Å²) in [6, 6.07) is 12.0. The van der Waals surface area contributed by atoms with Crippen LogP contribution in [0.15, 0.2) is 53.0 Å². The molecule has 1 saturated carbocycles. The fourth-order valence-corrected chi connectivity index (χ4v) is 8.60. The molecule has 6 N–H and O–H groups in total. The van der Waals surface area contributed by atoms with Gasteiger partial charge in [-0.3, -0.25) is 4.79 Å². The van der Waals surface area contributed by atoms with Gasteiger partial charge in [0.2, 0.25) is 0 Å². The minimum Gasteiger partial charge on any atom is -0.504 e. The van der Waals surface area contributed by atoms with Crippen LogP contribution in [0.25, 0.3) is 0 Å². The number of nitrogens with two attached hydrogens (primary N) is 2. The van der Waals surface area contributed by atoms with Gasteiger partial charge in [0.1, 0.15) is 0 Å². The Morgan fingerprint density at radius 1 is 1.04 bits per heavy atom. The number of nitrogens with zero attached hydrogens (tertiary/aromatic N) is 1. The lowest BCUT2D eigenvalue weighted by atomic mass is 9.73. The zero-order valence-corrected chi connectivity index (χ0v) is 32.6. The van der Waals surface area contributed by atoms with E-state index in [1.807, 2.05) is 31.2 Å². The predicted octanol–water partition coefficient (Wildman–Crippen LogP) is 7.37. The van der Waals surface area contributed by atoms with E-state index in [1.54, 1.807) is 13.2 Å². The number of carbonyl (C=O) groups excluding carboxylic acids is 1. The smallest absolute Gasteiger partial charge is 0.186 e. The van der Waals surface area contributed by atoms with Gasteiger partial charge in [-0.15, -0.1) is 5.92 Å². The number of allylic oxidation sites excluding steroid dienone is 1. The van der Waals surface area contributed by atoms with Gasteiger partial charge >= 0.3 is 0 Å². The number of carbonyl (C=O) groups is 1. The topological polar surface area (TPSA) is 140 Å². The molecule has 4 aliphatic carbocycles. The molecule has 0 unspecified atom stereocenters. The van der Waals surface area contributed by atoms with Gasteiger partial charge in [-0.1, -0.05) is 68.4 Å². The van der Waals surface area contributed by atoms with Gasteiger partial charge in [0.15, 0.2) is 23.2 Å². The van der Waals surface area contributed by atoms with E-state index < -0.39 is 0 Å². The zero-order valence-electron chi connectivity index (χ0n) is 32.6. The molecular formula is C46H61N3O5. The Hall–Kier alpha value is -4.24. The molecule has 0 saturated heterocycles. The average molecular weight is 736 g/mol. The highest BCUT2D eigenvalue weighted by Gasteiger charge is 2.36. The van der Waals surface area contributed by atoms with E-state index in [-0.39, 0.29) is 66.3 Å². The van der Waals surface area contributed by atoms with E-state index in [0.717, 1.165) is 85.6 Å². The number of hydrogen-bond acceptors (Lipinski definition) is 6. The van der Waals surface area contributed by atoms with E-state index >= 15 is 0 Å². The van der Waals surface area contributed by atoms with Crippen molar-refractivity contribution in [2.24, 2.45) is 40.1 Å². The lowest BCUT2D eigenvalue weighted by Crippen LogP contribution is -2.33. The third-order valence-corrected chi connectivity index (χ3v) is 11.4. The van der Waals surface area contributed by atoms with Gasteiger partial charge in [0.05, 0.1) is 24.7 Å². The molecule has 8 heteroatoms. The number of phenolic OH excluding ortho intramolecular Hbond substituents is 1. The molecule has 4 aliphatic rings. The molecule has 1 fully saturated rings. The van der Waals surface area contributed by atoms with Crippen LogP contribution in [0.5, 0.6) is 11.5 Å². The summed E-state index contributed by atoms with van der Waals surface area (Å²) >= 11 is 0. The second-order valence-electron chi connectivity index (χ2n) is 15.7. The van der Waals surface area contributed by atoms with Crippen molar-refractivity contribution in [3.63, 3.8) is 0 Å². The Morgan fingerprint density at radius 3 is 2.52 bits per heavy atom. The minimum absolute atomic E-state index is 0.0254. The summed E-state index contributed by atoms with van der Waals surface area (Å²) < 4.78 is 12.6. The molecule has 2 bridgehead atoms. The first kappa shape index (κ1) is 40.9. The first-order valence-corrected chi connectivity index (χ1v) is 20.2. The van der Waals surface area contributed by atoms with Gasteiger partial charge in [-0.25, -0.2) is 4.99 Å². The van der Waals surface area contributed by atoms with Crippen molar-refractivity contribution in [3.8, 4) is 35.2 Å². The highest BCUT2D eigenvalue weighted by molar-refractivity contribution is 5.90. The van der Waals surface area contributed by atoms with E-state index in [1.165, 1.54) is 0 Å². The van der Waals surface area contributed by atoms with Crippen LogP contribution >= 0.6 is 0 Å².